The predicted molar refractivity (Wildman–Crippen MR) is 53.7 cm³/mol. The van der Waals surface area contributed by atoms with Gasteiger partial charge in [-0.25, -0.2) is 9.97 Å². The Morgan fingerprint density at radius 1 is 1.64 bits per heavy atom. The number of nitrogens with zero attached hydrogens (tertiary/aromatic N) is 2. The third kappa shape index (κ3) is 2.11. The van der Waals surface area contributed by atoms with E-state index in [9.17, 15) is 5.11 Å². The van der Waals surface area contributed by atoms with E-state index < -0.39 is 0 Å². The molecule has 1 fully saturated rings. The number of aromatic nitrogens is 2. The van der Waals surface area contributed by atoms with Crippen molar-refractivity contribution in [1.82, 2.24) is 9.97 Å². The molecule has 0 radical (unpaired) electrons. The van der Waals surface area contributed by atoms with Gasteiger partial charge in [0.05, 0.1) is 18.0 Å². The molecule has 0 spiro atoms. The van der Waals surface area contributed by atoms with Crippen molar-refractivity contribution in [3.8, 4) is 0 Å². The lowest BCUT2D eigenvalue weighted by Crippen LogP contribution is -2.22. The Hall–Kier alpha value is -1.36. The van der Waals surface area contributed by atoms with E-state index in [-0.39, 0.29) is 6.10 Å². The molecule has 0 aliphatic heterocycles. The summed E-state index contributed by atoms with van der Waals surface area (Å²) in [5.74, 6) is 1.06. The second-order valence-electron chi connectivity index (χ2n) is 3.61. The molecular formula is C9H14N4O. The molecule has 4 N–H and O–H groups in total. The molecule has 1 heterocycles. The largest absolute Gasteiger partial charge is 0.394 e. The maximum Gasteiger partial charge on any atom is 0.152 e. The van der Waals surface area contributed by atoms with E-state index in [0.29, 0.717) is 24.0 Å². The first kappa shape index (κ1) is 9.21. The fourth-order valence-corrected chi connectivity index (χ4v) is 1.34. The summed E-state index contributed by atoms with van der Waals surface area (Å²) in [6, 6.07) is 0. The van der Waals surface area contributed by atoms with Crippen molar-refractivity contribution in [2.24, 2.45) is 5.92 Å². The van der Waals surface area contributed by atoms with Crippen LogP contribution in [0.3, 0.4) is 0 Å². The number of aliphatic hydroxyl groups is 1. The van der Waals surface area contributed by atoms with Gasteiger partial charge in [0.1, 0.15) is 6.33 Å². The van der Waals surface area contributed by atoms with Gasteiger partial charge in [0.15, 0.2) is 5.82 Å². The van der Waals surface area contributed by atoms with Crippen LogP contribution in [0.1, 0.15) is 12.8 Å². The van der Waals surface area contributed by atoms with Gasteiger partial charge < -0.3 is 16.2 Å². The molecule has 0 aromatic carbocycles. The van der Waals surface area contributed by atoms with Crippen LogP contribution < -0.4 is 11.1 Å². The smallest absolute Gasteiger partial charge is 0.152 e. The van der Waals surface area contributed by atoms with E-state index in [4.69, 9.17) is 5.73 Å². The second kappa shape index (κ2) is 3.79. The minimum atomic E-state index is -0.288. The predicted octanol–water partition coefficient (Wildman–Crippen LogP) is 0.242. The van der Waals surface area contributed by atoms with Gasteiger partial charge in [-0.2, -0.15) is 0 Å². The maximum absolute atomic E-state index is 9.59. The SMILES string of the molecule is Nc1cncnc1NCC(O)C1CC1. The molecule has 1 aliphatic carbocycles. The van der Waals surface area contributed by atoms with Gasteiger partial charge in [0.2, 0.25) is 0 Å². The second-order valence-corrected chi connectivity index (χ2v) is 3.61. The van der Waals surface area contributed by atoms with E-state index in [1.54, 1.807) is 6.20 Å². The molecule has 5 heteroatoms. The Labute approximate surface area is 82.4 Å². The van der Waals surface area contributed by atoms with E-state index in [1.807, 2.05) is 0 Å². The molecule has 0 bridgehead atoms. The highest BCUT2D eigenvalue weighted by molar-refractivity contribution is 5.58. The summed E-state index contributed by atoms with van der Waals surface area (Å²) in [7, 11) is 0. The molecule has 1 saturated carbocycles. The van der Waals surface area contributed by atoms with Crippen LogP contribution in [0.5, 0.6) is 0 Å². The van der Waals surface area contributed by atoms with Crippen molar-refractivity contribution in [2.45, 2.75) is 18.9 Å². The molecular weight excluding hydrogens is 180 g/mol. The standard InChI is InChI=1S/C9H14N4O/c10-7-3-11-5-13-9(7)12-4-8(14)6-1-2-6/h3,5-6,8,14H,1-2,4,10H2,(H,11,12,13). The van der Waals surface area contributed by atoms with Crippen molar-refractivity contribution in [1.29, 1.82) is 0 Å². The third-order valence-corrected chi connectivity index (χ3v) is 2.39. The average Bonchev–Trinajstić information content (AvgIpc) is 2.99. The van der Waals surface area contributed by atoms with Gasteiger partial charge in [-0.05, 0) is 18.8 Å². The highest BCUT2D eigenvalue weighted by Gasteiger charge is 2.29. The molecule has 14 heavy (non-hydrogen) atoms. The summed E-state index contributed by atoms with van der Waals surface area (Å²) in [6.45, 7) is 0.506. The summed E-state index contributed by atoms with van der Waals surface area (Å²) in [4.78, 5) is 7.75. The van der Waals surface area contributed by atoms with Gasteiger partial charge in [-0.15, -0.1) is 0 Å². The van der Waals surface area contributed by atoms with E-state index in [2.05, 4.69) is 15.3 Å². The summed E-state index contributed by atoms with van der Waals surface area (Å²) >= 11 is 0. The van der Waals surface area contributed by atoms with Crippen LogP contribution in [0.2, 0.25) is 0 Å². The lowest BCUT2D eigenvalue weighted by atomic mass is 10.2. The van der Waals surface area contributed by atoms with Crippen molar-refractivity contribution >= 4 is 11.5 Å². The number of nitrogens with one attached hydrogen (secondary N) is 1. The first-order valence-electron chi connectivity index (χ1n) is 4.75. The van der Waals surface area contributed by atoms with Crippen molar-refractivity contribution in [2.75, 3.05) is 17.6 Å². The van der Waals surface area contributed by atoms with Gasteiger partial charge in [0.25, 0.3) is 0 Å². The van der Waals surface area contributed by atoms with E-state index in [0.717, 1.165) is 12.8 Å². The number of rotatable bonds is 4. The van der Waals surface area contributed by atoms with Crippen LogP contribution in [-0.2, 0) is 0 Å². The molecule has 2 rings (SSSR count). The number of hydrogen-bond donors (Lipinski definition) is 3. The first-order chi connectivity index (χ1) is 6.77. The van der Waals surface area contributed by atoms with Gasteiger partial charge >= 0.3 is 0 Å². The molecule has 1 aliphatic rings. The van der Waals surface area contributed by atoms with Crippen LogP contribution in [-0.4, -0.2) is 27.7 Å². The Balaban J connectivity index is 1.87. The summed E-state index contributed by atoms with van der Waals surface area (Å²) in [6.07, 6.45) is 4.94. The highest BCUT2D eigenvalue weighted by atomic mass is 16.3. The number of hydrogen-bond acceptors (Lipinski definition) is 5. The van der Waals surface area contributed by atoms with Crippen LogP contribution >= 0.6 is 0 Å². The van der Waals surface area contributed by atoms with Gasteiger partial charge in [-0.1, -0.05) is 0 Å². The minimum absolute atomic E-state index is 0.288. The fraction of sp³-hybridized carbons (Fsp3) is 0.556. The zero-order chi connectivity index (χ0) is 9.97. The number of anilines is 2. The maximum atomic E-state index is 9.59. The quantitative estimate of drug-likeness (QED) is 0.639. The van der Waals surface area contributed by atoms with Crippen LogP contribution in [0.15, 0.2) is 12.5 Å². The van der Waals surface area contributed by atoms with Crippen LogP contribution in [0.4, 0.5) is 11.5 Å². The molecule has 0 amide bonds. The van der Waals surface area contributed by atoms with Crippen molar-refractivity contribution in [3.05, 3.63) is 12.5 Å². The molecule has 1 aromatic heterocycles. The third-order valence-electron chi connectivity index (χ3n) is 2.39. The molecule has 1 atom stereocenters. The Morgan fingerprint density at radius 2 is 2.43 bits per heavy atom. The molecule has 5 nitrogen and oxygen atoms in total. The lowest BCUT2D eigenvalue weighted by molar-refractivity contribution is 0.164. The first-order valence-corrected chi connectivity index (χ1v) is 4.75. The van der Waals surface area contributed by atoms with Gasteiger partial charge in [-0.3, -0.25) is 0 Å². The molecule has 1 aromatic rings. The van der Waals surface area contributed by atoms with Crippen LogP contribution in [0, 0.1) is 5.92 Å². The Morgan fingerprint density at radius 3 is 3.07 bits per heavy atom. The van der Waals surface area contributed by atoms with Gasteiger partial charge in [0, 0.05) is 6.54 Å². The number of nitrogen functional groups attached to an aromatic ring is 1. The summed E-state index contributed by atoms with van der Waals surface area (Å²) < 4.78 is 0. The zero-order valence-corrected chi connectivity index (χ0v) is 7.85. The minimum Gasteiger partial charge on any atom is -0.394 e. The topological polar surface area (TPSA) is 84.1 Å². The average molecular weight is 194 g/mol. The summed E-state index contributed by atoms with van der Waals surface area (Å²) in [5.41, 5.74) is 6.14. The fourth-order valence-electron chi connectivity index (χ4n) is 1.34. The summed E-state index contributed by atoms with van der Waals surface area (Å²) in [5, 5.41) is 12.6. The van der Waals surface area contributed by atoms with Crippen LogP contribution in [0.25, 0.3) is 0 Å². The monoisotopic (exact) mass is 194 g/mol. The zero-order valence-electron chi connectivity index (χ0n) is 7.85. The molecule has 76 valence electrons. The van der Waals surface area contributed by atoms with Crippen molar-refractivity contribution in [3.63, 3.8) is 0 Å². The molecule has 0 saturated heterocycles. The highest BCUT2D eigenvalue weighted by Crippen LogP contribution is 2.32. The van der Waals surface area contributed by atoms with Crippen molar-refractivity contribution < 1.29 is 5.11 Å². The molecule has 1 unspecified atom stereocenters. The van der Waals surface area contributed by atoms with E-state index in [1.165, 1.54) is 6.33 Å². The Bertz CT molecular complexity index is 313. The normalized spacial score (nSPS) is 17.8. The number of aliphatic hydroxyl groups excluding tert-OH is 1. The van der Waals surface area contributed by atoms with E-state index >= 15 is 0 Å². The lowest BCUT2D eigenvalue weighted by Gasteiger charge is -2.11. The Kier molecular flexibility index (Phi) is 2.49. The number of nitrogens with two attached hydrogens (primary N) is 1.